The number of hydrogen-bond acceptors (Lipinski definition) is 7. The predicted molar refractivity (Wildman–Crippen MR) is 90.7 cm³/mol. The SMILES string of the molecule is Cn1c(CN2CCOCC2)nnc1SCC(=O)Nc1ccccn1. The Balaban J connectivity index is 1.51. The van der Waals surface area contributed by atoms with Crippen LogP contribution < -0.4 is 5.32 Å². The van der Waals surface area contributed by atoms with E-state index >= 15 is 0 Å². The van der Waals surface area contributed by atoms with E-state index in [1.54, 1.807) is 18.3 Å². The molecule has 3 heterocycles. The van der Waals surface area contributed by atoms with Gasteiger partial charge in [-0.05, 0) is 12.1 Å². The van der Waals surface area contributed by atoms with Crippen LogP contribution in [0.15, 0.2) is 29.6 Å². The number of aromatic nitrogens is 4. The highest BCUT2D eigenvalue weighted by Crippen LogP contribution is 2.17. The summed E-state index contributed by atoms with van der Waals surface area (Å²) in [6.45, 7) is 4.07. The van der Waals surface area contributed by atoms with Gasteiger partial charge < -0.3 is 14.6 Å². The van der Waals surface area contributed by atoms with Gasteiger partial charge in [-0.25, -0.2) is 4.98 Å². The third-order valence-electron chi connectivity index (χ3n) is 3.66. The highest BCUT2D eigenvalue weighted by atomic mass is 32.2. The molecule has 0 aromatic carbocycles. The minimum atomic E-state index is -0.114. The van der Waals surface area contributed by atoms with Crippen molar-refractivity contribution >= 4 is 23.5 Å². The van der Waals surface area contributed by atoms with Gasteiger partial charge in [0, 0.05) is 26.3 Å². The number of amides is 1. The van der Waals surface area contributed by atoms with Crippen LogP contribution in [0.2, 0.25) is 0 Å². The summed E-state index contributed by atoms with van der Waals surface area (Å²) in [6, 6.07) is 5.39. The van der Waals surface area contributed by atoms with Crippen LogP contribution in [0.25, 0.3) is 0 Å². The van der Waals surface area contributed by atoms with Crippen molar-refractivity contribution in [1.29, 1.82) is 0 Å². The lowest BCUT2D eigenvalue weighted by atomic mass is 10.4. The van der Waals surface area contributed by atoms with Crippen LogP contribution in [0.5, 0.6) is 0 Å². The molecule has 9 heteroatoms. The van der Waals surface area contributed by atoms with E-state index in [9.17, 15) is 4.79 Å². The lowest BCUT2D eigenvalue weighted by Crippen LogP contribution is -2.36. The van der Waals surface area contributed by atoms with Crippen LogP contribution in [0, 0.1) is 0 Å². The van der Waals surface area contributed by atoms with E-state index in [1.165, 1.54) is 11.8 Å². The van der Waals surface area contributed by atoms with Crippen molar-refractivity contribution in [2.75, 3.05) is 37.4 Å². The van der Waals surface area contributed by atoms with Crippen molar-refractivity contribution in [3.05, 3.63) is 30.2 Å². The Kier molecular flexibility index (Phi) is 5.78. The molecule has 0 bridgehead atoms. The molecule has 1 N–H and O–H groups in total. The Morgan fingerprint density at radius 3 is 2.92 bits per heavy atom. The van der Waals surface area contributed by atoms with Gasteiger partial charge in [-0.1, -0.05) is 17.8 Å². The third kappa shape index (κ3) is 4.53. The monoisotopic (exact) mass is 348 g/mol. The molecule has 0 radical (unpaired) electrons. The van der Waals surface area contributed by atoms with Gasteiger partial charge in [0.2, 0.25) is 5.91 Å². The number of carbonyl (C=O) groups is 1. The van der Waals surface area contributed by atoms with E-state index in [-0.39, 0.29) is 11.7 Å². The Hall–Kier alpha value is -1.97. The van der Waals surface area contributed by atoms with Crippen molar-refractivity contribution in [2.24, 2.45) is 7.05 Å². The summed E-state index contributed by atoms with van der Waals surface area (Å²) >= 11 is 1.36. The molecule has 1 saturated heterocycles. The van der Waals surface area contributed by atoms with E-state index in [4.69, 9.17) is 4.74 Å². The average Bonchev–Trinajstić information content (AvgIpc) is 2.95. The Morgan fingerprint density at radius 2 is 2.17 bits per heavy atom. The maximum absolute atomic E-state index is 12.0. The fourth-order valence-electron chi connectivity index (χ4n) is 2.31. The number of pyridine rings is 1. The molecular weight excluding hydrogens is 328 g/mol. The lowest BCUT2D eigenvalue weighted by molar-refractivity contribution is -0.113. The molecule has 0 unspecified atom stereocenters. The second-order valence-corrected chi connectivity index (χ2v) is 6.34. The molecule has 0 atom stereocenters. The summed E-state index contributed by atoms with van der Waals surface area (Å²) in [5.41, 5.74) is 0. The zero-order chi connectivity index (χ0) is 16.8. The van der Waals surface area contributed by atoms with Gasteiger partial charge in [-0.2, -0.15) is 0 Å². The minimum Gasteiger partial charge on any atom is -0.379 e. The number of ether oxygens (including phenoxy) is 1. The van der Waals surface area contributed by atoms with Crippen LogP contribution >= 0.6 is 11.8 Å². The van der Waals surface area contributed by atoms with Gasteiger partial charge in [0.25, 0.3) is 0 Å². The average molecular weight is 348 g/mol. The molecule has 3 rings (SSSR count). The summed E-state index contributed by atoms with van der Waals surface area (Å²) in [4.78, 5) is 18.3. The first kappa shape index (κ1) is 16.9. The molecule has 0 saturated carbocycles. The lowest BCUT2D eigenvalue weighted by Gasteiger charge is -2.25. The van der Waals surface area contributed by atoms with Gasteiger partial charge in [0.15, 0.2) is 5.16 Å². The minimum absolute atomic E-state index is 0.114. The van der Waals surface area contributed by atoms with Crippen molar-refractivity contribution in [1.82, 2.24) is 24.6 Å². The zero-order valence-corrected chi connectivity index (χ0v) is 14.3. The van der Waals surface area contributed by atoms with Gasteiger partial charge in [0.1, 0.15) is 11.6 Å². The molecule has 24 heavy (non-hydrogen) atoms. The number of nitrogens with zero attached hydrogens (tertiary/aromatic N) is 5. The van der Waals surface area contributed by atoms with Crippen molar-refractivity contribution in [2.45, 2.75) is 11.7 Å². The fraction of sp³-hybridized carbons (Fsp3) is 0.467. The number of anilines is 1. The van der Waals surface area contributed by atoms with Crippen molar-refractivity contribution in [3.63, 3.8) is 0 Å². The summed E-state index contributed by atoms with van der Waals surface area (Å²) in [5.74, 6) is 1.59. The topological polar surface area (TPSA) is 85.2 Å². The number of morpholine rings is 1. The molecule has 2 aromatic heterocycles. The van der Waals surface area contributed by atoms with Crippen LogP contribution in [0.1, 0.15) is 5.82 Å². The number of hydrogen-bond donors (Lipinski definition) is 1. The van der Waals surface area contributed by atoms with Crippen LogP contribution in [0.4, 0.5) is 5.82 Å². The fourth-order valence-corrected chi connectivity index (χ4v) is 3.04. The number of rotatable bonds is 6. The maximum Gasteiger partial charge on any atom is 0.236 e. The Bertz CT molecular complexity index is 672. The normalized spacial score (nSPS) is 15.4. The van der Waals surface area contributed by atoms with Gasteiger partial charge in [-0.3, -0.25) is 9.69 Å². The Labute approximate surface area is 144 Å². The van der Waals surface area contributed by atoms with Crippen LogP contribution in [0.3, 0.4) is 0 Å². The highest BCUT2D eigenvalue weighted by Gasteiger charge is 2.16. The summed E-state index contributed by atoms with van der Waals surface area (Å²) in [5, 5.41) is 11.9. The molecule has 8 nitrogen and oxygen atoms in total. The van der Waals surface area contributed by atoms with Crippen molar-refractivity contribution < 1.29 is 9.53 Å². The predicted octanol–water partition coefficient (Wildman–Crippen LogP) is 0.773. The molecule has 2 aromatic rings. The van der Waals surface area contributed by atoms with Crippen molar-refractivity contribution in [3.8, 4) is 0 Å². The second-order valence-electron chi connectivity index (χ2n) is 5.40. The van der Waals surface area contributed by atoms with Crippen LogP contribution in [-0.4, -0.2) is 62.6 Å². The van der Waals surface area contributed by atoms with E-state index in [0.717, 1.165) is 43.8 Å². The zero-order valence-electron chi connectivity index (χ0n) is 13.5. The molecule has 128 valence electrons. The van der Waals surface area contributed by atoms with Crippen LogP contribution in [-0.2, 0) is 23.1 Å². The number of carbonyl (C=O) groups excluding carboxylic acids is 1. The standard InChI is InChI=1S/C15H20N6O2S/c1-20-13(10-21-6-8-23-9-7-21)18-19-15(20)24-11-14(22)17-12-4-2-3-5-16-12/h2-5H,6-11H2,1H3,(H,16,17,22). The molecule has 1 fully saturated rings. The Morgan fingerprint density at radius 1 is 1.33 bits per heavy atom. The number of thioether (sulfide) groups is 1. The smallest absolute Gasteiger partial charge is 0.236 e. The largest absolute Gasteiger partial charge is 0.379 e. The molecule has 1 aliphatic heterocycles. The van der Waals surface area contributed by atoms with Gasteiger partial charge >= 0.3 is 0 Å². The van der Waals surface area contributed by atoms with E-state index in [2.05, 4.69) is 25.4 Å². The summed E-state index contributed by atoms with van der Waals surface area (Å²) in [7, 11) is 1.93. The first-order chi connectivity index (χ1) is 11.7. The van der Waals surface area contributed by atoms with E-state index in [1.807, 2.05) is 17.7 Å². The first-order valence-electron chi connectivity index (χ1n) is 7.74. The first-order valence-corrected chi connectivity index (χ1v) is 8.73. The summed E-state index contributed by atoms with van der Waals surface area (Å²) < 4.78 is 7.29. The van der Waals surface area contributed by atoms with Gasteiger partial charge in [-0.15, -0.1) is 10.2 Å². The summed E-state index contributed by atoms with van der Waals surface area (Å²) in [6.07, 6.45) is 1.64. The van der Waals surface area contributed by atoms with E-state index in [0.29, 0.717) is 5.82 Å². The van der Waals surface area contributed by atoms with Gasteiger partial charge in [0.05, 0.1) is 25.5 Å². The molecular formula is C15H20N6O2S. The quantitative estimate of drug-likeness (QED) is 0.772. The third-order valence-corrected chi connectivity index (χ3v) is 4.68. The molecule has 0 aliphatic carbocycles. The second kappa shape index (κ2) is 8.22. The maximum atomic E-state index is 12.0. The molecule has 1 amide bonds. The molecule has 0 spiro atoms. The highest BCUT2D eigenvalue weighted by molar-refractivity contribution is 7.99. The molecule has 1 aliphatic rings. The number of nitrogens with one attached hydrogen (secondary N) is 1. The van der Waals surface area contributed by atoms with E-state index < -0.39 is 0 Å².